The second kappa shape index (κ2) is 10.9. The van der Waals surface area contributed by atoms with Crippen molar-refractivity contribution >= 4 is 63.6 Å². The van der Waals surface area contributed by atoms with Crippen LogP contribution in [0.1, 0.15) is 16.8 Å². The number of hydrogen-bond donors (Lipinski definition) is 1. The molecule has 0 spiro atoms. The number of rotatable bonds is 9. The van der Waals surface area contributed by atoms with Gasteiger partial charge in [-0.15, -0.1) is 0 Å². The molecule has 1 N–H and O–H groups in total. The summed E-state index contributed by atoms with van der Waals surface area (Å²) in [6.45, 7) is 1.03. The van der Waals surface area contributed by atoms with Crippen LogP contribution in [0, 0.1) is 0 Å². The SMILES string of the molecule is O=C(NCCCOc1c(Cl)cc(OCC=C(Cl)Cl)cc1Cl)c1ccsc1. The molecule has 4 nitrogen and oxygen atoms in total. The molecule has 1 aromatic carbocycles. The average Bonchev–Trinajstić information content (AvgIpc) is 3.10. The Balaban J connectivity index is 1.78. The molecule has 2 aromatic rings. The number of benzene rings is 1. The first-order chi connectivity index (χ1) is 12.5. The minimum Gasteiger partial charge on any atom is -0.490 e. The fraction of sp³-hybridized carbons (Fsp3) is 0.235. The van der Waals surface area contributed by atoms with Crippen LogP contribution in [0.3, 0.4) is 0 Å². The quantitative estimate of drug-likeness (QED) is 0.476. The van der Waals surface area contributed by atoms with Crippen LogP contribution < -0.4 is 14.8 Å². The molecular formula is C17H15Cl4NO3S. The Kier molecular flexibility index (Phi) is 8.88. The van der Waals surface area contributed by atoms with Gasteiger partial charge in [-0.3, -0.25) is 4.79 Å². The Hall–Kier alpha value is -1.11. The van der Waals surface area contributed by atoms with E-state index in [-0.39, 0.29) is 17.0 Å². The molecular weight excluding hydrogens is 440 g/mol. The molecule has 0 unspecified atom stereocenters. The zero-order valence-electron chi connectivity index (χ0n) is 13.4. The van der Waals surface area contributed by atoms with Crippen molar-refractivity contribution in [2.75, 3.05) is 19.8 Å². The van der Waals surface area contributed by atoms with Crippen LogP contribution in [0.25, 0.3) is 0 Å². The molecule has 1 heterocycles. The lowest BCUT2D eigenvalue weighted by molar-refractivity contribution is 0.0952. The lowest BCUT2D eigenvalue weighted by Gasteiger charge is -2.12. The van der Waals surface area contributed by atoms with Gasteiger partial charge in [-0.1, -0.05) is 46.4 Å². The van der Waals surface area contributed by atoms with Gasteiger partial charge in [0.05, 0.1) is 16.7 Å². The Morgan fingerprint density at radius 3 is 2.54 bits per heavy atom. The van der Waals surface area contributed by atoms with Gasteiger partial charge in [0.1, 0.15) is 16.8 Å². The summed E-state index contributed by atoms with van der Waals surface area (Å²) in [5, 5.41) is 7.13. The van der Waals surface area contributed by atoms with E-state index < -0.39 is 0 Å². The Morgan fingerprint density at radius 2 is 1.92 bits per heavy atom. The molecule has 26 heavy (non-hydrogen) atoms. The van der Waals surface area contributed by atoms with E-state index in [2.05, 4.69) is 5.32 Å². The minimum atomic E-state index is -0.102. The summed E-state index contributed by atoms with van der Waals surface area (Å²) in [6, 6.07) is 4.96. The number of carbonyl (C=O) groups is 1. The molecule has 1 aromatic heterocycles. The molecule has 9 heteroatoms. The summed E-state index contributed by atoms with van der Waals surface area (Å²) < 4.78 is 11.2. The second-order valence-electron chi connectivity index (χ2n) is 4.99. The van der Waals surface area contributed by atoms with E-state index in [9.17, 15) is 4.79 Å². The van der Waals surface area contributed by atoms with Crippen LogP contribution in [0.15, 0.2) is 39.5 Å². The van der Waals surface area contributed by atoms with Crippen LogP contribution in [0.5, 0.6) is 11.5 Å². The summed E-state index contributed by atoms with van der Waals surface area (Å²) in [5.74, 6) is 0.742. The van der Waals surface area contributed by atoms with Crippen molar-refractivity contribution in [3.05, 3.63) is 55.1 Å². The summed E-state index contributed by atoms with van der Waals surface area (Å²) in [6.07, 6.45) is 2.11. The van der Waals surface area contributed by atoms with E-state index in [0.717, 1.165) is 0 Å². The zero-order chi connectivity index (χ0) is 18.9. The van der Waals surface area contributed by atoms with E-state index in [1.165, 1.54) is 17.4 Å². The van der Waals surface area contributed by atoms with Crippen LogP contribution in [-0.2, 0) is 0 Å². The first kappa shape index (κ1) is 21.2. The van der Waals surface area contributed by atoms with Crippen molar-refractivity contribution in [2.45, 2.75) is 6.42 Å². The van der Waals surface area contributed by atoms with Gasteiger partial charge in [-0.25, -0.2) is 0 Å². The van der Waals surface area contributed by atoms with Crippen LogP contribution in [-0.4, -0.2) is 25.7 Å². The summed E-state index contributed by atoms with van der Waals surface area (Å²) in [4.78, 5) is 11.8. The molecule has 140 valence electrons. The number of hydrogen-bond acceptors (Lipinski definition) is 4. The monoisotopic (exact) mass is 453 g/mol. The number of ether oxygens (including phenoxy) is 2. The maximum atomic E-state index is 11.8. The Bertz CT molecular complexity index is 738. The molecule has 0 fully saturated rings. The number of amides is 1. The highest BCUT2D eigenvalue weighted by Crippen LogP contribution is 2.37. The fourth-order valence-corrected chi connectivity index (χ4v) is 3.24. The van der Waals surface area contributed by atoms with Gasteiger partial charge in [0.2, 0.25) is 0 Å². The molecule has 0 bridgehead atoms. The van der Waals surface area contributed by atoms with Gasteiger partial charge in [0, 0.05) is 29.6 Å². The van der Waals surface area contributed by atoms with Crippen molar-refractivity contribution in [3.63, 3.8) is 0 Å². The molecule has 0 saturated heterocycles. The van der Waals surface area contributed by atoms with Gasteiger partial charge in [-0.2, -0.15) is 11.3 Å². The predicted molar refractivity (Wildman–Crippen MR) is 109 cm³/mol. The first-order valence-electron chi connectivity index (χ1n) is 7.53. The highest BCUT2D eigenvalue weighted by molar-refractivity contribution is 7.08. The van der Waals surface area contributed by atoms with Crippen molar-refractivity contribution in [1.82, 2.24) is 5.32 Å². The van der Waals surface area contributed by atoms with E-state index in [1.54, 1.807) is 23.6 Å². The average molecular weight is 455 g/mol. The molecule has 2 rings (SSSR count). The van der Waals surface area contributed by atoms with Crippen LogP contribution >= 0.6 is 57.7 Å². The number of halogens is 4. The fourth-order valence-electron chi connectivity index (χ4n) is 1.90. The highest BCUT2D eigenvalue weighted by Gasteiger charge is 2.11. The first-order valence-corrected chi connectivity index (χ1v) is 9.99. The lowest BCUT2D eigenvalue weighted by Crippen LogP contribution is -2.25. The maximum Gasteiger partial charge on any atom is 0.252 e. The highest BCUT2D eigenvalue weighted by atomic mass is 35.5. The normalized spacial score (nSPS) is 10.3. The standard InChI is InChI=1S/C17H15Cl4NO3S/c18-13-8-12(24-6-2-15(20)21)9-14(19)16(13)25-5-1-4-22-17(23)11-3-7-26-10-11/h2-3,7-10H,1,4-6H2,(H,22,23). The van der Waals surface area contributed by atoms with Gasteiger partial charge >= 0.3 is 0 Å². The largest absolute Gasteiger partial charge is 0.490 e. The third-order valence-electron chi connectivity index (χ3n) is 3.10. The van der Waals surface area contributed by atoms with E-state index in [0.29, 0.717) is 46.7 Å². The Morgan fingerprint density at radius 1 is 1.19 bits per heavy atom. The van der Waals surface area contributed by atoms with E-state index in [1.807, 2.05) is 5.38 Å². The summed E-state index contributed by atoms with van der Waals surface area (Å²) in [5.41, 5.74) is 0.655. The maximum absolute atomic E-state index is 11.8. The smallest absolute Gasteiger partial charge is 0.252 e. The third kappa shape index (κ3) is 6.89. The molecule has 0 atom stereocenters. The molecule has 0 aliphatic carbocycles. The van der Waals surface area contributed by atoms with Crippen LogP contribution in [0.2, 0.25) is 10.0 Å². The lowest BCUT2D eigenvalue weighted by atomic mass is 10.3. The molecule has 0 aliphatic heterocycles. The molecule has 0 aliphatic rings. The summed E-state index contributed by atoms with van der Waals surface area (Å²) >= 11 is 24.9. The van der Waals surface area contributed by atoms with Gasteiger partial charge in [0.25, 0.3) is 5.91 Å². The van der Waals surface area contributed by atoms with Crippen molar-refractivity contribution < 1.29 is 14.3 Å². The molecule has 0 saturated carbocycles. The zero-order valence-corrected chi connectivity index (χ0v) is 17.3. The van der Waals surface area contributed by atoms with Crippen molar-refractivity contribution in [3.8, 4) is 11.5 Å². The number of carbonyl (C=O) groups excluding carboxylic acids is 1. The number of thiophene rings is 1. The van der Waals surface area contributed by atoms with Gasteiger partial charge in [0.15, 0.2) is 5.75 Å². The van der Waals surface area contributed by atoms with Gasteiger partial charge in [-0.05, 0) is 23.9 Å². The van der Waals surface area contributed by atoms with Crippen LogP contribution in [0.4, 0.5) is 0 Å². The molecule has 0 radical (unpaired) electrons. The third-order valence-corrected chi connectivity index (χ3v) is 4.65. The summed E-state index contributed by atoms with van der Waals surface area (Å²) in [7, 11) is 0. The van der Waals surface area contributed by atoms with Gasteiger partial charge < -0.3 is 14.8 Å². The topological polar surface area (TPSA) is 47.6 Å². The molecule has 1 amide bonds. The Labute approximate surface area is 175 Å². The minimum absolute atomic E-state index is 0.102. The predicted octanol–water partition coefficient (Wildman–Crippen LogP) is 5.95. The van der Waals surface area contributed by atoms with E-state index >= 15 is 0 Å². The number of nitrogens with one attached hydrogen (secondary N) is 1. The van der Waals surface area contributed by atoms with E-state index in [4.69, 9.17) is 55.9 Å². The van der Waals surface area contributed by atoms with Crippen molar-refractivity contribution in [1.29, 1.82) is 0 Å². The van der Waals surface area contributed by atoms with Crippen molar-refractivity contribution in [2.24, 2.45) is 0 Å². The second-order valence-corrected chi connectivity index (χ2v) is 7.59.